The molecule has 1 atom stereocenters. The zero-order valence-electron chi connectivity index (χ0n) is 15.5. The van der Waals surface area contributed by atoms with Crippen molar-refractivity contribution in [1.29, 1.82) is 0 Å². The number of likely N-dealkylation sites (tertiary alicyclic amines) is 1. The molecule has 1 amide bonds. The summed E-state index contributed by atoms with van der Waals surface area (Å²) >= 11 is 1.19. The van der Waals surface area contributed by atoms with Crippen LogP contribution in [0.4, 0.5) is 4.39 Å². The molecule has 0 N–H and O–H groups in total. The minimum absolute atomic E-state index is 0.0185. The van der Waals surface area contributed by atoms with Gasteiger partial charge in [0, 0.05) is 13.1 Å². The lowest BCUT2D eigenvalue weighted by atomic mass is 10.2. The molecule has 2 heterocycles. The highest BCUT2D eigenvalue weighted by atomic mass is 32.2. The molecule has 1 aliphatic rings. The van der Waals surface area contributed by atoms with Crippen LogP contribution in [0.15, 0.2) is 58.5 Å². The Hall–Kier alpha value is -2.67. The zero-order valence-corrected chi connectivity index (χ0v) is 16.3. The highest BCUT2D eigenvalue weighted by Crippen LogP contribution is 2.27. The SMILES string of the molecule is CC(Sc1nc2ccccc2c(=O)n1-c1ccccc1F)C(=O)N1CCCC1. The maximum atomic E-state index is 14.5. The maximum Gasteiger partial charge on any atom is 0.266 e. The number of carbonyl (C=O) groups is 1. The molecule has 0 aliphatic carbocycles. The molecule has 0 bridgehead atoms. The average Bonchev–Trinajstić information content (AvgIpc) is 3.23. The number of nitrogens with zero attached hydrogens (tertiary/aromatic N) is 3. The third kappa shape index (κ3) is 3.42. The van der Waals surface area contributed by atoms with E-state index >= 15 is 0 Å². The number of halogens is 1. The molecule has 7 heteroatoms. The first kappa shape index (κ1) is 18.7. The molecule has 144 valence electrons. The first-order valence-electron chi connectivity index (χ1n) is 9.28. The largest absolute Gasteiger partial charge is 0.342 e. The molecular weight excluding hydrogens is 377 g/mol. The normalized spacial score (nSPS) is 15.1. The predicted molar refractivity (Wildman–Crippen MR) is 108 cm³/mol. The number of fused-ring (bicyclic) bond motifs is 1. The van der Waals surface area contributed by atoms with Gasteiger partial charge in [0.1, 0.15) is 5.82 Å². The number of aromatic nitrogens is 2. The van der Waals surface area contributed by atoms with Gasteiger partial charge in [-0.25, -0.2) is 9.37 Å². The van der Waals surface area contributed by atoms with E-state index < -0.39 is 11.1 Å². The molecule has 1 saturated heterocycles. The van der Waals surface area contributed by atoms with E-state index in [1.807, 2.05) is 4.90 Å². The molecule has 3 aromatic rings. The van der Waals surface area contributed by atoms with Crippen molar-refractivity contribution in [1.82, 2.24) is 14.5 Å². The number of carbonyl (C=O) groups excluding carboxylic acids is 1. The summed E-state index contributed by atoms with van der Waals surface area (Å²) in [6.07, 6.45) is 2.02. The summed E-state index contributed by atoms with van der Waals surface area (Å²) in [7, 11) is 0. The molecule has 0 spiro atoms. The summed E-state index contributed by atoms with van der Waals surface area (Å²) in [4.78, 5) is 32.3. The van der Waals surface area contributed by atoms with E-state index in [4.69, 9.17) is 0 Å². The lowest BCUT2D eigenvalue weighted by Crippen LogP contribution is -2.34. The van der Waals surface area contributed by atoms with Crippen molar-refractivity contribution in [2.24, 2.45) is 0 Å². The van der Waals surface area contributed by atoms with E-state index in [2.05, 4.69) is 4.98 Å². The van der Waals surface area contributed by atoms with Crippen LogP contribution >= 0.6 is 11.8 Å². The summed E-state index contributed by atoms with van der Waals surface area (Å²) < 4.78 is 15.8. The Morgan fingerprint density at radius 3 is 2.54 bits per heavy atom. The molecule has 0 radical (unpaired) electrons. The Labute approximate surface area is 166 Å². The minimum atomic E-state index is -0.512. The Morgan fingerprint density at radius 1 is 1.11 bits per heavy atom. The van der Waals surface area contributed by atoms with Gasteiger partial charge < -0.3 is 4.90 Å². The fraction of sp³-hybridized carbons (Fsp3) is 0.286. The molecule has 0 saturated carbocycles. The topological polar surface area (TPSA) is 55.2 Å². The van der Waals surface area contributed by atoms with Crippen LogP contribution in [-0.4, -0.2) is 38.7 Å². The minimum Gasteiger partial charge on any atom is -0.342 e. The first-order chi connectivity index (χ1) is 13.6. The van der Waals surface area contributed by atoms with Crippen molar-refractivity contribution in [2.45, 2.75) is 30.2 Å². The smallest absolute Gasteiger partial charge is 0.266 e. The van der Waals surface area contributed by atoms with Gasteiger partial charge in [-0.05, 0) is 44.0 Å². The van der Waals surface area contributed by atoms with E-state index in [-0.39, 0.29) is 17.2 Å². The molecular formula is C21H20FN3O2S. The zero-order chi connectivity index (χ0) is 19.7. The van der Waals surface area contributed by atoms with Gasteiger partial charge in [0.25, 0.3) is 5.56 Å². The predicted octanol–water partition coefficient (Wildman–Crippen LogP) is 3.63. The number of benzene rings is 2. The van der Waals surface area contributed by atoms with Crippen LogP contribution < -0.4 is 5.56 Å². The molecule has 1 aromatic heterocycles. The van der Waals surface area contributed by atoms with Gasteiger partial charge in [0.2, 0.25) is 5.91 Å². The van der Waals surface area contributed by atoms with Crippen LogP contribution in [0.25, 0.3) is 16.6 Å². The molecule has 1 fully saturated rings. The highest BCUT2D eigenvalue weighted by molar-refractivity contribution is 8.00. The van der Waals surface area contributed by atoms with Crippen molar-refractivity contribution in [3.05, 3.63) is 64.7 Å². The average molecular weight is 397 g/mol. The highest BCUT2D eigenvalue weighted by Gasteiger charge is 2.26. The second-order valence-electron chi connectivity index (χ2n) is 6.80. The second-order valence-corrected chi connectivity index (χ2v) is 8.10. The summed E-state index contributed by atoms with van der Waals surface area (Å²) in [5, 5.41) is 0.298. The van der Waals surface area contributed by atoms with Gasteiger partial charge in [0.15, 0.2) is 5.16 Å². The van der Waals surface area contributed by atoms with E-state index in [0.29, 0.717) is 16.1 Å². The van der Waals surface area contributed by atoms with Crippen LogP contribution in [0, 0.1) is 5.82 Å². The first-order valence-corrected chi connectivity index (χ1v) is 10.2. The van der Waals surface area contributed by atoms with Crippen molar-refractivity contribution >= 4 is 28.6 Å². The lowest BCUT2D eigenvalue weighted by molar-refractivity contribution is -0.129. The summed E-state index contributed by atoms with van der Waals surface area (Å²) in [6, 6.07) is 13.1. The van der Waals surface area contributed by atoms with E-state index in [0.717, 1.165) is 25.9 Å². The Balaban J connectivity index is 1.82. The molecule has 28 heavy (non-hydrogen) atoms. The van der Waals surface area contributed by atoms with Gasteiger partial charge in [-0.2, -0.15) is 0 Å². The van der Waals surface area contributed by atoms with Gasteiger partial charge in [-0.3, -0.25) is 14.2 Å². The Kier molecular flexibility index (Phi) is 5.17. The lowest BCUT2D eigenvalue weighted by Gasteiger charge is -2.21. The van der Waals surface area contributed by atoms with E-state index in [1.54, 1.807) is 49.4 Å². The summed E-state index contributed by atoms with van der Waals surface area (Å²) in [5.41, 5.74) is 0.316. The molecule has 4 rings (SSSR count). The fourth-order valence-electron chi connectivity index (χ4n) is 3.44. The van der Waals surface area contributed by atoms with Gasteiger partial charge in [-0.1, -0.05) is 36.0 Å². The third-order valence-corrected chi connectivity index (χ3v) is 5.93. The van der Waals surface area contributed by atoms with Crippen LogP contribution in [0.5, 0.6) is 0 Å². The van der Waals surface area contributed by atoms with Gasteiger partial charge >= 0.3 is 0 Å². The van der Waals surface area contributed by atoms with Crippen molar-refractivity contribution < 1.29 is 9.18 Å². The Morgan fingerprint density at radius 2 is 1.79 bits per heavy atom. The standard InChI is InChI=1S/C21H20FN3O2S/c1-14(19(26)24-12-6-7-13-24)28-21-23-17-10-4-2-8-15(17)20(27)25(21)18-11-5-3-9-16(18)22/h2-5,8-11,14H,6-7,12-13H2,1H3. The van der Waals surface area contributed by atoms with Crippen LogP contribution in [0.1, 0.15) is 19.8 Å². The number of hydrogen-bond acceptors (Lipinski definition) is 4. The van der Waals surface area contributed by atoms with Gasteiger partial charge in [-0.15, -0.1) is 0 Å². The Bertz CT molecular complexity index is 1090. The number of para-hydroxylation sites is 2. The number of thioether (sulfide) groups is 1. The van der Waals surface area contributed by atoms with Crippen molar-refractivity contribution in [3.8, 4) is 5.69 Å². The summed E-state index contributed by atoms with van der Waals surface area (Å²) in [5.74, 6) is -0.493. The second kappa shape index (κ2) is 7.75. The molecule has 1 unspecified atom stereocenters. The van der Waals surface area contributed by atoms with Gasteiger partial charge in [0.05, 0.1) is 21.8 Å². The third-order valence-electron chi connectivity index (χ3n) is 4.89. The van der Waals surface area contributed by atoms with E-state index in [9.17, 15) is 14.0 Å². The maximum absolute atomic E-state index is 14.5. The van der Waals surface area contributed by atoms with E-state index in [1.165, 1.54) is 22.4 Å². The number of amides is 1. The number of hydrogen-bond donors (Lipinski definition) is 0. The van der Waals surface area contributed by atoms with Crippen LogP contribution in [-0.2, 0) is 4.79 Å². The number of rotatable bonds is 4. The molecule has 5 nitrogen and oxygen atoms in total. The summed E-state index contributed by atoms with van der Waals surface area (Å²) in [6.45, 7) is 3.32. The fourth-order valence-corrected chi connectivity index (χ4v) is 4.44. The quantitative estimate of drug-likeness (QED) is 0.498. The van der Waals surface area contributed by atoms with Crippen LogP contribution in [0.3, 0.4) is 0 Å². The van der Waals surface area contributed by atoms with Crippen molar-refractivity contribution in [2.75, 3.05) is 13.1 Å². The molecule has 2 aromatic carbocycles. The monoisotopic (exact) mass is 397 g/mol. The van der Waals surface area contributed by atoms with Crippen molar-refractivity contribution in [3.63, 3.8) is 0 Å². The van der Waals surface area contributed by atoms with Crippen LogP contribution in [0.2, 0.25) is 0 Å². The molecule has 1 aliphatic heterocycles.